The summed E-state index contributed by atoms with van der Waals surface area (Å²) in [5.74, 6) is -3.72. The van der Waals surface area contributed by atoms with Gasteiger partial charge >= 0.3 is 5.97 Å². The van der Waals surface area contributed by atoms with Gasteiger partial charge in [0.2, 0.25) is 11.4 Å². The Kier molecular flexibility index (Phi) is 11.2. The fourth-order valence-electron chi connectivity index (χ4n) is 7.04. The first-order valence-corrected chi connectivity index (χ1v) is 17.7. The van der Waals surface area contributed by atoms with Crippen molar-refractivity contribution in [3.8, 4) is 11.3 Å². The van der Waals surface area contributed by atoms with Gasteiger partial charge in [-0.3, -0.25) is 19.1 Å². The Morgan fingerprint density at radius 1 is 1.02 bits per heavy atom. The lowest BCUT2D eigenvalue weighted by atomic mass is 10.0. The molecule has 11 nitrogen and oxygen atoms in total. The number of nitrogen functional groups attached to an aromatic ring is 1. The van der Waals surface area contributed by atoms with Crippen molar-refractivity contribution in [3.05, 3.63) is 109 Å². The third-order valence-electron chi connectivity index (χ3n) is 9.90. The predicted octanol–water partition coefficient (Wildman–Crippen LogP) is 6.81. The van der Waals surface area contributed by atoms with E-state index in [2.05, 4.69) is 39.3 Å². The van der Waals surface area contributed by atoms with Crippen molar-refractivity contribution in [2.24, 2.45) is 0 Å². The fourth-order valence-corrected chi connectivity index (χ4v) is 7.04. The number of carboxylic acid groups (broad SMARTS) is 1. The Balaban J connectivity index is 1.05. The Labute approximate surface area is 303 Å². The molecule has 0 aliphatic carbocycles. The van der Waals surface area contributed by atoms with Crippen molar-refractivity contribution in [2.75, 3.05) is 36.0 Å². The van der Waals surface area contributed by atoms with Crippen molar-refractivity contribution in [3.63, 3.8) is 0 Å². The van der Waals surface area contributed by atoms with E-state index in [1.807, 2.05) is 18.2 Å². The summed E-state index contributed by atoms with van der Waals surface area (Å²) in [5, 5.41) is 15.9. The first-order valence-electron chi connectivity index (χ1n) is 17.7. The van der Waals surface area contributed by atoms with E-state index in [1.165, 1.54) is 27.8 Å². The molecule has 3 aromatic carbocycles. The molecule has 1 saturated heterocycles. The number of anilines is 4. The van der Waals surface area contributed by atoms with Gasteiger partial charge in [-0.25, -0.2) is 18.0 Å². The third-order valence-corrected chi connectivity index (χ3v) is 9.90. The van der Waals surface area contributed by atoms with Crippen molar-refractivity contribution in [1.29, 1.82) is 0 Å². The second kappa shape index (κ2) is 15.9. The van der Waals surface area contributed by atoms with Gasteiger partial charge in [0, 0.05) is 47.9 Å². The van der Waals surface area contributed by atoms with Crippen molar-refractivity contribution in [2.45, 2.75) is 65.0 Å². The molecule has 5 aromatic rings. The molecule has 0 radical (unpaired) electrons. The number of aromatic carboxylic acids is 1. The van der Waals surface area contributed by atoms with E-state index in [4.69, 9.17) is 5.73 Å². The molecule has 1 aliphatic heterocycles. The minimum absolute atomic E-state index is 0.0936. The number of unbranched alkanes of at least 4 members (excludes halogenated alkanes) is 2. The second-order valence-corrected chi connectivity index (χ2v) is 13.4. The lowest BCUT2D eigenvalue weighted by molar-refractivity contribution is 0.0696. The van der Waals surface area contributed by atoms with Gasteiger partial charge < -0.3 is 26.5 Å². The monoisotopic (exact) mass is 729 g/mol. The van der Waals surface area contributed by atoms with E-state index in [-0.39, 0.29) is 45.4 Å². The number of hydrogen-bond acceptors (Lipinski definition) is 8. The van der Waals surface area contributed by atoms with Gasteiger partial charge in [0.15, 0.2) is 0 Å². The van der Waals surface area contributed by atoms with Gasteiger partial charge in [-0.15, -0.1) is 0 Å². The topological polar surface area (TPSA) is 158 Å². The van der Waals surface area contributed by atoms with Crippen LogP contribution in [0.1, 0.15) is 60.5 Å². The minimum atomic E-state index is -1.63. The molecule has 278 valence electrons. The summed E-state index contributed by atoms with van der Waals surface area (Å²) < 4.78 is 45.0. The highest BCUT2D eigenvalue weighted by molar-refractivity contribution is 5.99. The van der Waals surface area contributed by atoms with Gasteiger partial charge in [-0.2, -0.15) is 4.98 Å². The Hall–Kier alpha value is -5.63. The Morgan fingerprint density at radius 2 is 1.81 bits per heavy atom. The lowest BCUT2D eigenvalue weighted by Gasteiger charge is -2.25. The number of halogens is 3. The number of likely N-dealkylation sites (tertiary alicyclic amines) is 1. The number of aryl methyl sites for hydroxylation is 2. The number of pyridine rings is 1. The molecule has 1 atom stereocenters. The molecular weight excluding hydrogens is 687 g/mol. The van der Waals surface area contributed by atoms with Gasteiger partial charge in [-0.05, 0) is 99.6 Å². The lowest BCUT2D eigenvalue weighted by Crippen LogP contribution is -2.35. The molecule has 0 spiro atoms. The summed E-state index contributed by atoms with van der Waals surface area (Å²) in [6, 6.07) is 12.5. The van der Waals surface area contributed by atoms with E-state index in [1.54, 1.807) is 0 Å². The predicted molar refractivity (Wildman–Crippen MR) is 201 cm³/mol. The molecule has 6 N–H and O–H groups in total. The van der Waals surface area contributed by atoms with E-state index in [0.717, 1.165) is 75.5 Å². The third kappa shape index (κ3) is 8.22. The highest BCUT2D eigenvalue weighted by Crippen LogP contribution is 2.29. The molecule has 0 bridgehead atoms. The molecule has 2 aromatic heterocycles. The molecule has 1 aliphatic rings. The van der Waals surface area contributed by atoms with Gasteiger partial charge in [0.1, 0.15) is 28.8 Å². The van der Waals surface area contributed by atoms with Crippen molar-refractivity contribution in [1.82, 2.24) is 19.4 Å². The van der Waals surface area contributed by atoms with Crippen LogP contribution in [-0.2, 0) is 13.0 Å². The highest BCUT2D eigenvalue weighted by atomic mass is 19.1. The number of rotatable bonds is 14. The number of H-pyrrole nitrogens is 1. The summed E-state index contributed by atoms with van der Waals surface area (Å²) in [5.41, 5.74) is 7.01. The number of carbonyl (C=O) groups is 1. The molecule has 6 rings (SSSR count). The summed E-state index contributed by atoms with van der Waals surface area (Å²) in [6.45, 7) is 6.71. The smallest absolute Gasteiger partial charge is 0.341 e. The van der Waals surface area contributed by atoms with Crippen LogP contribution in [-0.4, -0.2) is 56.2 Å². The number of carboxylic acids is 1. The maximum absolute atomic E-state index is 15.3. The summed E-state index contributed by atoms with van der Waals surface area (Å²) in [6.07, 6.45) is 5.25. The molecule has 0 saturated carbocycles. The van der Waals surface area contributed by atoms with Crippen LogP contribution in [0.3, 0.4) is 0 Å². The largest absolute Gasteiger partial charge is 0.477 e. The van der Waals surface area contributed by atoms with Crippen LogP contribution in [0.4, 0.5) is 36.3 Å². The van der Waals surface area contributed by atoms with Gasteiger partial charge in [-0.1, -0.05) is 19.4 Å². The van der Waals surface area contributed by atoms with Crippen LogP contribution in [0.15, 0.2) is 64.2 Å². The number of hydrogen-bond donors (Lipinski definition) is 5. The van der Waals surface area contributed by atoms with Crippen molar-refractivity contribution >= 4 is 40.0 Å². The van der Waals surface area contributed by atoms with E-state index in [9.17, 15) is 28.3 Å². The van der Waals surface area contributed by atoms with E-state index >= 15 is 4.39 Å². The van der Waals surface area contributed by atoms with Crippen LogP contribution in [0.2, 0.25) is 0 Å². The standard InChI is InChI=1S/C39H42F3N7O4/c1-3-23-16-25(11-9-22(23)2)45-33-20-34(50)49(39(43)47-33)15-6-4-5-13-48-14-7-8-26(48)21-44-32-19-31-28(18-30(32)42)37(51)35(38(52)53)36(46-31)27-12-10-24(40)17-29(27)41/h9-12,16-20,26,44-45H,3-8,13-15,21H2,1-2H3,(H2,43,47)(H,46,51)(H,52,53). The Bertz CT molecular complexity index is 2290. The number of fused-ring (bicyclic) bond motifs is 1. The number of nitrogens with two attached hydrogens (primary N) is 1. The van der Waals surface area contributed by atoms with E-state index < -0.39 is 34.4 Å². The number of aromatic amines is 1. The zero-order valence-electron chi connectivity index (χ0n) is 29.6. The van der Waals surface area contributed by atoms with Crippen LogP contribution in [0, 0.1) is 24.4 Å². The normalized spacial score (nSPS) is 14.5. The molecule has 0 amide bonds. The average Bonchev–Trinajstić information content (AvgIpc) is 3.56. The fraction of sp³-hybridized carbons (Fsp3) is 0.333. The van der Waals surface area contributed by atoms with E-state index in [0.29, 0.717) is 25.0 Å². The molecular formula is C39H42F3N7O4. The maximum Gasteiger partial charge on any atom is 0.341 e. The maximum atomic E-state index is 15.3. The van der Waals surface area contributed by atoms with Crippen LogP contribution < -0.4 is 27.4 Å². The first kappa shape index (κ1) is 37.1. The number of nitrogens with one attached hydrogen (secondary N) is 3. The first-order chi connectivity index (χ1) is 25.4. The van der Waals surface area contributed by atoms with Crippen LogP contribution in [0.5, 0.6) is 0 Å². The number of benzene rings is 3. The van der Waals surface area contributed by atoms with Gasteiger partial charge in [0.25, 0.3) is 5.56 Å². The second-order valence-electron chi connectivity index (χ2n) is 13.4. The van der Waals surface area contributed by atoms with Gasteiger partial charge in [0.05, 0.1) is 16.9 Å². The molecule has 3 heterocycles. The zero-order chi connectivity index (χ0) is 37.8. The van der Waals surface area contributed by atoms with Crippen molar-refractivity contribution < 1.29 is 23.1 Å². The minimum Gasteiger partial charge on any atom is -0.477 e. The molecule has 53 heavy (non-hydrogen) atoms. The zero-order valence-corrected chi connectivity index (χ0v) is 29.6. The van der Waals surface area contributed by atoms with Crippen LogP contribution >= 0.6 is 0 Å². The molecule has 14 heteroatoms. The quantitative estimate of drug-likeness (QED) is 0.0775. The summed E-state index contributed by atoms with van der Waals surface area (Å²) in [7, 11) is 0. The number of aromatic nitrogens is 3. The molecule has 1 unspecified atom stereocenters. The summed E-state index contributed by atoms with van der Waals surface area (Å²) in [4.78, 5) is 47.6. The highest BCUT2D eigenvalue weighted by Gasteiger charge is 2.26. The molecule has 1 fully saturated rings. The average molecular weight is 730 g/mol. The number of nitrogens with zero attached hydrogens (tertiary/aromatic N) is 3. The Morgan fingerprint density at radius 3 is 2.55 bits per heavy atom. The summed E-state index contributed by atoms with van der Waals surface area (Å²) >= 11 is 0. The SMILES string of the molecule is CCc1cc(Nc2cc(=O)n(CCCCCN3CCCC3CNc3cc4[nH]c(-c5ccc(F)cc5F)c(C(=O)O)c(=O)c4cc3F)c(N)n2)ccc1C. The van der Waals surface area contributed by atoms with Crippen LogP contribution in [0.25, 0.3) is 22.2 Å².